The molecule has 0 atom stereocenters. The van der Waals surface area contributed by atoms with Crippen molar-refractivity contribution in [3.8, 4) is 0 Å². The van der Waals surface area contributed by atoms with E-state index in [0.717, 1.165) is 37.5 Å². The molecule has 354 valence electrons. The van der Waals surface area contributed by atoms with Crippen LogP contribution in [0.2, 0.25) is 0 Å². The molecule has 0 radical (unpaired) electrons. The summed E-state index contributed by atoms with van der Waals surface area (Å²) in [5.41, 5.74) is 0. The molecule has 0 aromatic heterocycles. The molecule has 0 saturated carbocycles. The topological polar surface area (TPSA) is 257 Å². The van der Waals surface area contributed by atoms with E-state index in [1.54, 1.807) is 0 Å². The summed E-state index contributed by atoms with van der Waals surface area (Å²) in [7, 11) is 0. The van der Waals surface area contributed by atoms with Crippen LogP contribution in [0.1, 0.15) is 207 Å². The van der Waals surface area contributed by atoms with Crippen LogP contribution in [-0.2, 0) is 9.59 Å². The molecule has 0 rings (SSSR count). The van der Waals surface area contributed by atoms with Gasteiger partial charge in [0.15, 0.2) is 0 Å². The lowest BCUT2D eigenvalue weighted by atomic mass is 10.0. The summed E-state index contributed by atoms with van der Waals surface area (Å²) in [6, 6.07) is 0. The number of unbranched alkanes of at least 4 members (excludes halogenated alkanes) is 22. The minimum absolute atomic E-state index is 0.344. The summed E-state index contributed by atoms with van der Waals surface area (Å²) in [6.07, 6.45) is 31.8. The Morgan fingerprint density at radius 1 is 0.310 bits per heavy atom. The first-order valence-corrected chi connectivity index (χ1v) is 22.8. The smallest absolute Gasteiger partial charge is 0.303 e. The van der Waals surface area contributed by atoms with Gasteiger partial charge in [0.25, 0.3) is 0 Å². The van der Waals surface area contributed by atoms with Crippen LogP contribution in [-0.4, -0.2) is 126 Å². The van der Waals surface area contributed by atoms with E-state index in [2.05, 4.69) is 27.7 Å². The number of hydrogen-bond donors (Lipinski definition) is 11. The second kappa shape index (κ2) is 57.7. The van der Waals surface area contributed by atoms with Gasteiger partial charge in [-0.1, -0.05) is 182 Å². The quantitative estimate of drug-likeness (QED) is 0.0276. The highest BCUT2D eigenvalue weighted by molar-refractivity contribution is 5.66. The Labute approximate surface area is 354 Å². The van der Waals surface area contributed by atoms with E-state index >= 15 is 0 Å². The Morgan fingerprint density at radius 3 is 0.586 bits per heavy atom. The fraction of sp³-hybridized carbons (Fsp3) is 0.956. The maximum atomic E-state index is 10.3. The van der Waals surface area contributed by atoms with Crippen molar-refractivity contribution in [3.63, 3.8) is 0 Å². The first-order chi connectivity index (χ1) is 27.7. The average molecular weight is 845 g/mol. The van der Waals surface area contributed by atoms with Gasteiger partial charge < -0.3 is 56.2 Å². The third-order valence-corrected chi connectivity index (χ3v) is 9.11. The molecule has 0 unspecified atom stereocenters. The molecule has 0 amide bonds. The van der Waals surface area contributed by atoms with Crippen molar-refractivity contribution in [2.24, 2.45) is 11.8 Å². The third-order valence-electron chi connectivity index (χ3n) is 9.11. The zero-order valence-corrected chi connectivity index (χ0v) is 37.7. The molecule has 11 N–H and O–H groups in total. The minimum Gasteiger partial charge on any atom is -0.481 e. The van der Waals surface area contributed by atoms with Crippen LogP contribution in [0.3, 0.4) is 0 Å². The molecule has 0 aromatic rings. The zero-order chi connectivity index (χ0) is 45.1. The molecule has 13 heteroatoms. The Kier molecular flexibility index (Phi) is 65.3. The summed E-state index contributed by atoms with van der Waals surface area (Å²) in [5.74, 6) is 0.424. The number of hydrogen-bond acceptors (Lipinski definition) is 11. The van der Waals surface area contributed by atoms with E-state index in [0.29, 0.717) is 12.8 Å². The number of aliphatic hydroxyl groups excluding tert-OH is 9. The first-order valence-electron chi connectivity index (χ1n) is 22.8. The highest BCUT2D eigenvalue weighted by Gasteiger charge is 2.00. The van der Waals surface area contributed by atoms with Crippen LogP contribution in [0, 0.1) is 11.8 Å². The largest absolute Gasteiger partial charge is 0.481 e. The number of rotatable bonds is 36. The van der Waals surface area contributed by atoms with Gasteiger partial charge in [-0.15, -0.1) is 0 Å². The van der Waals surface area contributed by atoms with Crippen molar-refractivity contribution in [3.05, 3.63) is 0 Å². The lowest BCUT2D eigenvalue weighted by molar-refractivity contribution is -0.138. The molecule has 0 aliphatic carbocycles. The molecule has 0 saturated heterocycles. The fourth-order valence-electron chi connectivity index (χ4n) is 5.37. The van der Waals surface area contributed by atoms with Crippen molar-refractivity contribution in [1.29, 1.82) is 0 Å². The average Bonchev–Trinajstić information content (AvgIpc) is 3.20. The molecule has 0 aliphatic heterocycles. The van der Waals surface area contributed by atoms with Crippen molar-refractivity contribution in [2.75, 3.05) is 39.6 Å². The lowest BCUT2D eigenvalue weighted by Crippen LogP contribution is -2.15. The van der Waals surface area contributed by atoms with Crippen molar-refractivity contribution >= 4 is 11.9 Å². The van der Waals surface area contributed by atoms with Crippen LogP contribution in [0.4, 0.5) is 0 Å². The third kappa shape index (κ3) is 78.8. The Morgan fingerprint density at radius 2 is 0.466 bits per heavy atom. The summed E-state index contributed by atoms with van der Waals surface area (Å²) in [5, 5.41) is 89.1. The Hall–Kier alpha value is -1.42. The Bertz CT molecular complexity index is 674. The van der Waals surface area contributed by atoms with Crippen LogP contribution < -0.4 is 0 Å². The summed E-state index contributed by atoms with van der Waals surface area (Å²) >= 11 is 0. The van der Waals surface area contributed by atoms with Crippen LogP contribution in [0.5, 0.6) is 0 Å². The highest BCUT2D eigenvalue weighted by atomic mass is 16.4. The molecule has 0 heterocycles. The number of aliphatic carboxylic acids is 2. The fourth-order valence-corrected chi connectivity index (χ4v) is 5.37. The van der Waals surface area contributed by atoms with Gasteiger partial charge in [0.2, 0.25) is 0 Å². The van der Waals surface area contributed by atoms with Gasteiger partial charge in [0, 0.05) is 12.8 Å². The lowest BCUT2D eigenvalue weighted by Gasteiger charge is -2.04. The van der Waals surface area contributed by atoms with E-state index in [1.165, 1.54) is 141 Å². The van der Waals surface area contributed by atoms with Gasteiger partial charge in [0.05, 0.1) is 39.6 Å². The minimum atomic E-state index is -0.954. The van der Waals surface area contributed by atoms with Crippen molar-refractivity contribution < 1.29 is 65.8 Å². The second-order valence-corrected chi connectivity index (χ2v) is 16.2. The molecule has 0 aliphatic rings. The van der Waals surface area contributed by atoms with Gasteiger partial charge in [0.1, 0.15) is 18.3 Å². The maximum absolute atomic E-state index is 10.3. The second-order valence-electron chi connectivity index (χ2n) is 16.2. The molecule has 13 nitrogen and oxygen atoms in total. The molecule has 0 fully saturated rings. The van der Waals surface area contributed by atoms with Gasteiger partial charge in [-0.05, 0) is 24.7 Å². The van der Waals surface area contributed by atoms with Gasteiger partial charge in [-0.3, -0.25) is 9.59 Å². The maximum Gasteiger partial charge on any atom is 0.303 e. The van der Waals surface area contributed by atoms with E-state index < -0.39 is 30.3 Å². The predicted octanol–water partition coefficient (Wildman–Crippen LogP) is 7.37. The van der Waals surface area contributed by atoms with Gasteiger partial charge in [-0.25, -0.2) is 0 Å². The number of carboxylic acid groups (broad SMARTS) is 2. The van der Waals surface area contributed by atoms with E-state index in [-0.39, 0.29) is 39.6 Å². The monoisotopic (exact) mass is 845 g/mol. The molecule has 0 bridgehead atoms. The summed E-state index contributed by atoms with van der Waals surface area (Å²) < 4.78 is 0. The molecule has 58 heavy (non-hydrogen) atoms. The van der Waals surface area contributed by atoms with Gasteiger partial charge >= 0.3 is 11.9 Å². The van der Waals surface area contributed by atoms with E-state index in [4.69, 9.17) is 56.2 Å². The van der Waals surface area contributed by atoms with Gasteiger partial charge in [-0.2, -0.15) is 0 Å². The molecule has 0 spiro atoms. The van der Waals surface area contributed by atoms with Crippen LogP contribution in [0.25, 0.3) is 0 Å². The standard InChI is InChI=1S/2C18H36O2.3C3H8O3/c2*1-17(2)15-13-11-9-7-5-3-4-6-8-10-12-14-16-18(19)20;3*4-1-3(6)2-5/h2*17H,3-16H2,1-2H3,(H,19,20);3*3-6H,1-2H2. The van der Waals surface area contributed by atoms with Crippen molar-refractivity contribution in [2.45, 2.75) is 226 Å². The van der Waals surface area contributed by atoms with E-state index in [1.807, 2.05) is 0 Å². The Balaban J connectivity index is -0.000000228. The summed E-state index contributed by atoms with van der Waals surface area (Å²) in [6.45, 7) is 7.04. The van der Waals surface area contributed by atoms with Crippen LogP contribution in [0.15, 0.2) is 0 Å². The molecule has 0 aromatic carbocycles. The summed E-state index contributed by atoms with van der Waals surface area (Å²) in [4.78, 5) is 20.7. The molecular weight excluding hydrogens is 748 g/mol. The normalized spacial score (nSPS) is 10.8. The number of carboxylic acids is 2. The molecular formula is C45H96O13. The van der Waals surface area contributed by atoms with E-state index in [9.17, 15) is 9.59 Å². The van der Waals surface area contributed by atoms with Crippen molar-refractivity contribution in [1.82, 2.24) is 0 Å². The number of aliphatic hydroxyl groups is 9. The predicted molar refractivity (Wildman–Crippen MR) is 235 cm³/mol. The number of carbonyl (C=O) groups is 2. The zero-order valence-electron chi connectivity index (χ0n) is 37.7. The van der Waals surface area contributed by atoms with Crippen LogP contribution >= 0.6 is 0 Å². The highest BCUT2D eigenvalue weighted by Crippen LogP contribution is 2.16. The SMILES string of the molecule is CC(C)CCCCCCCCCCCCCCC(=O)O.CC(C)CCCCCCCCCCCCCCC(=O)O.OCC(O)CO.OCC(O)CO.OCC(O)CO. The first kappa shape index (κ1) is 65.7.